The van der Waals surface area contributed by atoms with Crippen molar-refractivity contribution in [3.05, 3.63) is 16.4 Å². The molecule has 1 aromatic heterocycles. The maximum Gasteiger partial charge on any atom is 0.353 e. The molecular formula is C12H19N5O2. The highest BCUT2D eigenvalue weighted by Crippen LogP contribution is 2.36. The molecule has 1 aromatic rings. The van der Waals surface area contributed by atoms with E-state index in [1.54, 1.807) is 0 Å². The molecule has 0 aromatic carbocycles. The van der Waals surface area contributed by atoms with Crippen molar-refractivity contribution in [2.24, 2.45) is 5.92 Å². The third-order valence-corrected chi connectivity index (χ3v) is 3.24. The van der Waals surface area contributed by atoms with Crippen LogP contribution in [0.1, 0.15) is 33.1 Å². The molecule has 1 heterocycles. The monoisotopic (exact) mass is 265 g/mol. The number of nitro groups is 1. The number of aromatic nitrogens is 2. The van der Waals surface area contributed by atoms with Crippen molar-refractivity contribution in [1.29, 1.82) is 0 Å². The van der Waals surface area contributed by atoms with E-state index >= 15 is 0 Å². The highest BCUT2D eigenvalue weighted by Gasteiger charge is 2.31. The van der Waals surface area contributed by atoms with Gasteiger partial charge in [-0.2, -0.15) is 0 Å². The SMILES string of the molecule is CCCNc1ncnc(NC(C)C2CC2)c1[N+](=O)[O-]. The van der Waals surface area contributed by atoms with Gasteiger partial charge in [-0.1, -0.05) is 6.92 Å². The van der Waals surface area contributed by atoms with Crippen LogP contribution in [-0.2, 0) is 0 Å². The molecule has 1 fully saturated rings. The molecule has 0 radical (unpaired) electrons. The second-order valence-corrected chi connectivity index (χ2v) is 4.87. The highest BCUT2D eigenvalue weighted by atomic mass is 16.6. The third kappa shape index (κ3) is 3.30. The van der Waals surface area contributed by atoms with Crippen LogP contribution in [0.2, 0.25) is 0 Å². The minimum Gasteiger partial charge on any atom is -0.364 e. The number of nitrogens with one attached hydrogen (secondary N) is 2. The second-order valence-electron chi connectivity index (χ2n) is 4.87. The first-order valence-corrected chi connectivity index (χ1v) is 6.63. The Bertz CT molecular complexity index is 461. The molecule has 1 unspecified atom stereocenters. The Labute approximate surface area is 112 Å². The summed E-state index contributed by atoms with van der Waals surface area (Å²) in [7, 11) is 0. The van der Waals surface area contributed by atoms with Crippen LogP contribution in [0.15, 0.2) is 6.33 Å². The summed E-state index contributed by atoms with van der Waals surface area (Å²) < 4.78 is 0. The van der Waals surface area contributed by atoms with Crippen molar-refractivity contribution >= 4 is 17.3 Å². The fourth-order valence-corrected chi connectivity index (χ4v) is 1.96. The lowest BCUT2D eigenvalue weighted by atomic mass is 10.2. The zero-order valence-electron chi connectivity index (χ0n) is 11.2. The quantitative estimate of drug-likeness (QED) is 0.581. The first-order valence-electron chi connectivity index (χ1n) is 6.63. The van der Waals surface area contributed by atoms with Gasteiger partial charge >= 0.3 is 5.69 Å². The number of anilines is 2. The van der Waals surface area contributed by atoms with E-state index in [0.717, 1.165) is 6.42 Å². The summed E-state index contributed by atoms with van der Waals surface area (Å²) in [5.41, 5.74) is -0.0662. The summed E-state index contributed by atoms with van der Waals surface area (Å²) in [5.74, 6) is 1.19. The molecule has 1 saturated carbocycles. The first-order chi connectivity index (χ1) is 9.13. The van der Waals surface area contributed by atoms with Gasteiger partial charge in [0.15, 0.2) is 0 Å². The van der Waals surface area contributed by atoms with Crippen LogP contribution in [0.5, 0.6) is 0 Å². The Hall–Kier alpha value is -1.92. The Balaban J connectivity index is 2.22. The van der Waals surface area contributed by atoms with Crippen LogP contribution in [0.3, 0.4) is 0 Å². The molecule has 0 aliphatic heterocycles. The molecule has 0 saturated heterocycles. The third-order valence-electron chi connectivity index (χ3n) is 3.24. The van der Waals surface area contributed by atoms with Gasteiger partial charge < -0.3 is 10.6 Å². The molecule has 2 rings (SSSR count). The normalized spacial score (nSPS) is 15.9. The molecule has 0 spiro atoms. The molecule has 1 aliphatic rings. The standard InChI is InChI=1S/C12H19N5O2/c1-3-6-13-11-10(17(18)19)12(15-7-14-11)16-8(2)9-4-5-9/h7-9H,3-6H2,1-2H3,(H2,13,14,15,16). The largest absolute Gasteiger partial charge is 0.364 e. The minimum atomic E-state index is -0.431. The molecule has 7 nitrogen and oxygen atoms in total. The van der Waals surface area contributed by atoms with Crippen molar-refractivity contribution in [1.82, 2.24) is 9.97 Å². The Morgan fingerprint density at radius 2 is 2.16 bits per heavy atom. The molecule has 1 aliphatic carbocycles. The Morgan fingerprint density at radius 1 is 1.47 bits per heavy atom. The number of nitrogens with zero attached hydrogens (tertiary/aromatic N) is 3. The van der Waals surface area contributed by atoms with Crippen LogP contribution in [-0.4, -0.2) is 27.5 Å². The summed E-state index contributed by atoms with van der Waals surface area (Å²) in [4.78, 5) is 18.8. The predicted octanol–water partition coefficient (Wildman–Crippen LogP) is 2.42. The number of hydrogen-bond donors (Lipinski definition) is 2. The summed E-state index contributed by atoms with van der Waals surface area (Å²) >= 11 is 0. The molecule has 1 atom stereocenters. The van der Waals surface area contributed by atoms with Gasteiger partial charge in [-0.25, -0.2) is 9.97 Å². The lowest BCUT2D eigenvalue weighted by molar-refractivity contribution is -0.383. The van der Waals surface area contributed by atoms with Crippen LogP contribution in [0.4, 0.5) is 17.3 Å². The van der Waals surface area contributed by atoms with E-state index in [0.29, 0.717) is 18.3 Å². The molecule has 104 valence electrons. The summed E-state index contributed by atoms with van der Waals surface area (Å²) in [6.45, 7) is 4.67. The van der Waals surface area contributed by atoms with Crippen molar-refractivity contribution < 1.29 is 4.92 Å². The second kappa shape index (κ2) is 5.81. The summed E-state index contributed by atoms with van der Waals surface area (Å²) in [6, 6.07) is 0.202. The topological polar surface area (TPSA) is 93.0 Å². The number of hydrogen-bond acceptors (Lipinski definition) is 6. The van der Waals surface area contributed by atoms with E-state index < -0.39 is 4.92 Å². The fraction of sp³-hybridized carbons (Fsp3) is 0.667. The van der Waals surface area contributed by atoms with Crippen LogP contribution < -0.4 is 10.6 Å². The zero-order valence-corrected chi connectivity index (χ0v) is 11.2. The molecule has 19 heavy (non-hydrogen) atoms. The van der Waals surface area contributed by atoms with Crippen LogP contribution >= 0.6 is 0 Å². The molecule has 0 amide bonds. The average molecular weight is 265 g/mol. The van der Waals surface area contributed by atoms with Gasteiger partial charge in [-0.15, -0.1) is 0 Å². The van der Waals surface area contributed by atoms with E-state index in [4.69, 9.17) is 0 Å². The maximum atomic E-state index is 11.2. The van der Waals surface area contributed by atoms with Gasteiger partial charge in [0.2, 0.25) is 11.6 Å². The fourth-order valence-electron chi connectivity index (χ4n) is 1.96. The molecular weight excluding hydrogens is 246 g/mol. The van der Waals surface area contributed by atoms with Gasteiger partial charge in [-0.3, -0.25) is 10.1 Å². The van der Waals surface area contributed by atoms with E-state index in [1.807, 2.05) is 13.8 Å². The summed E-state index contributed by atoms with van der Waals surface area (Å²) in [6.07, 6.45) is 4.58. The summed E-state index contributed by atoms with van der Waals surface area (Å²) in [5, 5.41) is 17.3. The van der Waals surface area contributed by atoms with E-state index in [2.05, 4.69) is 20.6 Å². The van der Waals surface area contributed by atoms with Gasteiger partial charge in [-0.05, 0) is 32.1 Å². The van der Waals surface area contributed by atoms with Crippen molar-refractivity contribution in [3.8, 4) is 0 Å². The van der Waals surface area contributed by atoms with Crippen LogP contribution in [0.25, 0.3) is 0 Å². The van der Waals surface area contributed by atoms with Gasteiger partial charge in [0.05, 0.1) is 4.92 Å². The van der Waals surface area contributed by atoms with Crippen molar-refractivity contribution in [2.75, 3.05) is 17.2 Å². The minimum absolute atomic E-state index is 0.0662. The number of rotatable bonds is 7. The van der Waals surface area contributed by atoms with Crippen LogP contribution in [0, 0.1) is 16.0 Å². The van der Waals surface area contributed by atoms with Crippen molar-refractivity contribution in [3.63, 3.8) is 0 Å². The van der Waals surface area contributed by atoms with E-state index in [1.165, 1.54) is 19.2 Å². The van der Waals surface area contributed by atoms with E-state index in [-0.39, 0.29) is 17.5 Å². The zero-order chi connectivity index (χ0) is 13.8. The predicted molar refractivity (Wildman–Crippen MR) is 73.3 cm³/mol. The van der Waals surface area contributed by atoms with Crippen molar-refractivity contribution in [2.45, 2.75) is 39.2 Å². The molecule has 2 N–H and O–H groups in total. The lowest BCUT2D eigenvalue weighted by Gasteiger charge is -2.14. The highest BCUT2D eigenvalue weighted by molar-refractivity contribution is 5.69. The van der Waals surface area contributed by atoms with Gasteiger partial charge in [0.1, 0.15) is 6.33 Å². The van der Waals surface area contributed by atoms with Gasteiger partial charge in [0.25, 0.3) is 0 Å². The Kier molecular flexibility index (Phi) is 4.13. The Morgan fingerprint density at radius 3 is 2.74 bits per heavy atom. The average Bonchev–Trinajstić information content (AvgIpc) is 3.20. The molecule has 0 bridgehead atoms. The van der Waals surface area contributed by atoms with E-state index in [9.17, 15) is 10.1 Å². The maximum absolute atomic E-state index is 11.2. The lowest BCUT2D eigenvalue weighted by Crippen LogP contribution is -2.20. The molecule has 7 heteroatoms. The first kappa shape index (κ1) is 13.5. The smallest absolute Gasteiger partial charge is 0.353 e. The van der Waals surface area contributed by atoms with Gasteiger partial charge in [0, 0.05) is 12.6 Å².